The lowest BCUT2D eigenvalue weighted by molar-refractivity contribution is 0.730. The maximum Gasteiger partial charge on any atom is 0.266 e. The standard InChI is InChI=1S/C23H22N8O/c1-12-7-4-5-10-16(12)31-21(28-15-9-6-8-13(2)17(15)22(31)32)14(3)27-20-18-19(26-11-25-18)29-23(24)30-20/h4-11,14H,1-3H3,(H4,24,25,26,27,29,30). The zero-order valence-electron chi connectivity index (χ0n) is 17.9. The van der Waals surface area contributed by atoms with Crippen molar-refractivity contribution in [1.82, 2.24) is 29.5 Å². The molecule has 0 aliphatic rings. The van der Waals surface area contributed by atoms with Gasteiger partial charge in [0, 0.05) is 0 Å². The lowest BCUT2D eigenvalue weighted by atomic mass is 10.1. The Kier molecular flexibility index (Phi) is 4.58. The molecule has 32 heavy (non-hydrogen) atoms. The highest BCUT2D eigenvalue weighted by molar-refractivity contribution is 5.84. The molecule has 9 nitrogen and oxygen atoms in total. The van der Waals surface area contributed by atoms with E-state index in [0.29, 0.717) is 33.7 Å². The van der Waals surface area contributed by atoms with E-state index < -0.39 is 0 Å². The topological polar surface area (TPSA) is 127 Å². The van der Waals surface area contributed by atoms with E-state index in [1.807, 2.05) is 63.2 Å². The number of anilines is 2. The number of hydrogen-bond donors (Lipinski definition) is 3. The Bertz CT molecular complexity index is 1530. The van der Waals surface area contributed by atoms with Crippen molar-refractivity contribution in [3.63, 3.8) is 0 Å². The summed E-state index contributed by atoms with van der Waals surface area (Å²) in [4.78, 5) is 34.3. The van der Waals surface area contributed by atoms with E-state index in [9.17, 15) is 4.79 Å². The molecule has 9 heteroatoms. The number of aromatic nitrogens is 6. The highest BCUT2D eigenvalue weighted by Crippen LogP contribution is 2.26. The molecule has 0 amide bonds. The van der Waals surface area contributed by atoms with Gasteiger partial charge >= 0.3 is 0 Å². The number of nitrogen functional groups attached to an aromatic ring is 1. The Hall–Kier alpha value is -4.27. The Morgan fingerprint density at radius 3 is 2.62 bits per heavy atom. The average Bonchev–Trinajstić information content (AvgIpc) is 3.23. The normalized spacial score (nSPS) is 12.3. The van der Waals surface area contributed by atoms with E-state index in [2.05, 4.69) is 25.3 Å². The predicted octanol–water partition coefficient (Wildman–Crippen LogP) is 3.42. The second kappa shape index (κ2) is 7.45. The first kappa shape index (κ1) is 19.7. The van der Waals surface area contributed by atoms with Crippen molar-refractivity contribution in [3.8, 4) is 5.69 Å². The fraction of sp³-hybridized carbons (Fsp3) is 0.174. The van der Waals surface area contributed by atoms with Gasteiger partial charge in [-0.25, -0.2) is 9.97 Å². The number of benzene rings is 2. The number of nitrogens with zero attached hydrogens (tertiary/aromatic N) is 5. The Labute approximate surface area is 183 Å². The molecule has 0 radical (unpaired) electrons. The summed E-state index contributed by atoms with van der Waals surface area (Å²) in [6.07, 6.45) is 1.54. The summed E-state index contributed by atoms with van der Waals surface area (Å²) < 4.78 is 1.68. The van der Waals surface area contributed by atoms with Crippen LogP contribution in [0.2, 0.25) is 0 Å². The van der Waals surface area contributed by atoms with Crippen LogP contribution >= 0.6 is 0 Å². The maximum atomic E-state index is 13.7. The third-order valence-electron chi connectivity index (χ3n) is 5.53. The van der Waals surface area contributed by atoms with E-state index in [1.165, 1.54) is 6.33 Å². The molecule has 0 bridgehead atoms. The van der Waals surface area contributed by atoms with Crippen molar-refractivity contribution in [3.05, 3.63) is 76.1 Å². The number of aryl methyl sites for hydroxylation is 2. The zero-order chi connectivity index (χ0) is 22.4. The molecule has 0 saturated heterocycles. The SMILES string of the molecule is Cc1ccccc1-n1c(C(C)Nc2nc(N)nc3nc[nH]c23)nc2cccc(C)c2c1=O. The first-order valence-electron chi connectivity index (χ1n) is 10.3. The minimum Gasteiger partial charge on any atom is -0.368 e. The van der Waals surface area contributed by atoms with Gasteiger partial charge < -0.3 is 16.0 Å². The van der Waals surface area contributed by atoms with Crippen LogP contribution in [-0.4, -0.2) is 29.5 Å². The molecule has 0 aliphatic heterocycles. The summed E-state index contributed by atoms with van der Waals surface area (Å²) >= 11 is 0. The first-order chi connectivity index (χ1) is 15.4. The molecule has 1 atom stereocenters. The number of aromatic amines is 1. The summed E-state index contributed by atoms with van der Waals surface area (Å²) in [7, 11) is 0. The second-order valence-electron chi connectivity index (χ2n) is 7.76. The molecule has 3 aromatic heterocycles. The van der Waals surface area contributed by atoms with Crippen LogP contribution in [0.1, 0.15) is 29.9 Å². The Morgan fingerprint density at radius 2 is 1.81 bits per heavy atom. The average molecular weight is 426 g/mol. The van der Waals surface area contributed by atoms with Crippen molar-refractivity contribution in [2.45, 2.75) is 26.8 Å². The largest absolute Gasteiger partial charge is 0.368 e. The van der Waals surface area contributed by atoms with Crippen molar-refractivity contribution in [2.24, 2.45) is 0 Å². The van der Waals surface area contributed by atoms with Gasteiger partial charge in [0.05, 0.1) is 29.0 Å². The van der Waals surface area contributed by atoms with Crippen molar-refractivity contribution in [1.29, 1.82) is 0 Å². The molecular weight excluding hydrogens is 404 g/mol. The van der Waals surface area contributed by atoms with Gasteiger partial charge in [-0.05, 0) is 44.0 Å². The zero-order valence-corrected chi connectivity index (χ0v) is 17.9. The highest BCUT2D eigenvalue weighted by Gasteiger charge is 2.21. The number of fused-ring (bicyclic) bond motifs is 2. The van der Waals surface area contributed by atoms with Gasteiger partial charge in [0.2, 0.25) is 5.95 Å². The molecular formula is C23H22N8O. The lowest BCUT2D eigenvalue weighted by Crippen LogP contribution is -2.28. The molecule has 0 fully saturated rings. The third-order valence-corrected chi connectivity index (χ3v) is 5.53. The molecule has 3 heterocycles. The van der Waals surface area contributed by atoms with Crippen molar-refractivity contribution in [2.75, 3.05) is 11.1 Å². The second-order valence-corrected chi connectivity index (χ2v) is 7.76. The molecule has 4 N–H and O–H groups in total. The van der Waals surface area contributed by atoms with Gasteiger partial charge in [0.15, 0.2) is 11.5 Å². The highest BCUT2D eigenvalue weighted by atomic mass is 16.1. The number of nitrogens with one attached hydrogen (secondary N) is 2. The van der Waals surface area contributed by atoms with Gasteiger partial charge in [-0.15, -0.1) is 0 Å². The van der Waals surface area contributed by atoms with Crippen LogP contribution in [0.3, 0.4) is 0 Å². The van der Waals surface area contributed by atoms with Crippen molar-refractivity contribution >= 4 is 33.8 Å². The number of nitrogens with two attached hydrogens (primary N) is 1. The van der Waals surface area contributed by atoms with Crippen LogP contribution in [0.4, 0.5) is 11.8 Å². The fourth-order valence-electron chi connectivity index (χ4n) is 3.97. The minimum absolute atomic E-state index is 0.109. The van der Waals surface area contributed by atoms with Gasteiger partial charge in [-0.3, -0.25) is 9.36 Å². The van der Waals surface area contributed by atoms with Crippen LogP contribution in [0.15, 0.2) is 53.6 Å². The molecule has 0 spiro atoms. The summed E-state index contributed by atoms with van der Waals surface area (Å²) in [6.45, 7) is 5.83. The van der Waals surface area contributed by atoms with Crippen LogP contribution in [-0.2, 0) is 0 Å². The predicted molar refractivity (Wildman–Crippen MR) is 125 cm³/mol. The molecule has 0 aliphatic carbocycles. The quantitative estimate of drug-likeness (QED) is 0.402. The Balaban J connectivity index is 1.74. The lowest BCUT2D eigenvalue weighted by Gasteiger charge is -2.21. The monoisotopic (exact) mass is 426 g/mol. The molecule has 160 valence electrons. The van der Waals surface area contributed by atoms with E-state index in [1.54, 1.807) is 4.57 Å². The number of imidazole rings is 1. The Morgan fingerprint density at radius 1 is 1.03 bits per heavy atom. The molecule has 0 saturated carbocycles. The summed E-state index contributed by atoms with van der Waals surface area (Å²) in [5, 5.41) is 3.95. The van der Waals surface area contributed by atoms with Crippen LogP contribution in [0.25, 0.3) is 27.8 Å². The van der Waals surface area contributed by atoms with Crippen LogP contribution in [0.5, 0.6) is 0 Å². The van der Waals surface area contributed by atoms with Gasteiger partial charge in [-0.1, -0.05) is 30.3 Å². The minimum atomic E-state index is -0.381. The van der Waals surface area contributed by atoms with Gasteiger partial charge in [0.1, 0.15) is 11.3 Å². The number of rotatable bonds is 4. The number of H-pyrrole nitrogens is 1. The summed E-state index contributed by atoms with van der Waals surface area (Å²) in [6, 6.07) is 13.1. The number of hydrogen-bond acceptors (Lipinski definition) is 7. The summed E-state index contributed by atoms with van der Waals surface area (Å²) in [5.74, 6) is 1.16. The van der Waals surface area contributed by atoms with Crippen molar-refractivity contribution < 1.29 is 0 Å². The molecule has 1 unspecified atom stereocenters. The van der Waals surface area contributed by atoms with Crippen LogP contribution in [0, 0.1) is 13.8 Å². The van der Waals surface area contributed by atoms with Crippen LogP contribution < -0.4 is 16.6 Å². The number of para-hydroxylation sites is 1. The van der Waals surface area contributed by atoms with E-state index in [-0.39, 0.29) is 17.5 Å². The molecule has 2 aromatic carbocycles. The van der Waals surface area contributed by atoms with E-state index in [4.69, 9.17) is 10.7 Å². The summed E-state index contributed by atoms with van der Waals surface area (Å²) in [5.41, 5.74) is 10.1. The molecule has 5 rings (SSSR count). The van der Waals surface area contributed by atoms with E-state index >= 15 is 0 Å². The molecule has 5 aromatic rings. The first-order valence-corrected chi connectivity index (χ1v) is 10.3. The van der Waals surface area contributed by atoms with E-state index in [0.717, 1.165) is 16.8 Å². The maximum absolute atomic E-state index is 13.7. The fourth-order valence-corrected chi connectivity index (χ4v) is 3.97. The third kappa shape index (κ3) is 3.15. The smallest absolute Gasteiger partial charge is 0.266 e. The van der Waals surface area contributed by atoms with Gasteiger partial charge in [0.25, 0.3) is 5.56 Å². The van der Waals surface area contributed by atoms with Gasteiger partial charge in [-0.2, -0.15) is 9.97 Å².